The Bertz CT molecular complexity index is 3430. The second-order valence-corrected chi connectivity index (χ2v) is 15.2. The van der Waals surface area contributed by atoms with Gasteiger partial charge in [-0.15, -0.1) is 11.3 Å². The Balaban J connectivity index is 1.24. The molecule has 0 unspecified atom stereocenters. The normalized spacial score (nSPS) is 12.1. The van der Waals surface area contributed by atoms with E-state index in [4.69, 9.17) is 0 Å². The minimum atomic E-state index is 1.16. The van der Waals surface area contributed by atoms with Gasteiger partial charge in [-0.2, -0.15) is 0 Å². The molecule has 3 nitrogen and oxygen atoms in total. The molecule has 12 rings (SSSR count). The van der Waals surface area contributed by atoms with Crippen molar-refractivity contribution in [1.29, 1.82) is 0 Å². The second kappa shape index (κ2) is 11.3. The average molecular weight is 706 g/mol. The average Bonchev–Trinajstić information content (AvgIpc) is 3.99. The maximum atomic E-state index is 2.53. The van der Waals surface area contributed by atoms with Gasteiger partial charge in [-0.3, -0.25) is 0 Å². The molecule has 4 heterocycles. The Hall–Kier alpha value is -6.88. The molecule has 252 valence electrons. The summed E-state index contributed by atoms with van der Waals surface area (Å²) in [5.41, 5.74) is 12.0. The van der Waals surface area contributed by atoms with E-state index in [1.165, 1.54) is 91.5 Å². The third kappa shape index (κ3) is 4.11. The summed E-state index contributed by atoms with van der Waals surface area (Å²) < 4.78 is 9.89. The molecule has 0 spiro atoms. The van der Waals surface area contributed by atoms with Gasteiger partial charge in [0.25, 0.3) is 0 Å². The number of nitrogens with zero attached hydrogens (tertiary/aromatic N) is 3. The lowest BCUT2D eigenvalue weighted by atomic mass is 10.0. The van der Waals surface area contributed by atoms with Crippen LogP contribution in [0.15, 0.2) is 188 Å². The number of hydrogen-bond donors (Lipinski definition) is 0. The number of hydrogen-bond acceptors (Lipinski definition) is 1. The molecule has 0 aliphatic carbocycles. The summed E-state index contributed by atoms with van der Waals surface area (Å²) in [6.07, 6.45) is 2.31. The van der Waals surface area contributed by atoms with E-state index in [2.05, 4.69) is 202 Å². The zero-order chi connectivity index (χ0) is 35.3. The number of benzene rings is 8. The largest absolute Gasteiger partial charge is 0.316 e. The summed E-state index contributed by atoms with van der Waals surface area (Å²) in [5.74, 6) is 0. The highest BCUT2D eigenvalue weighted by Crippen LogP contribution is 2.46. The molecular formula is C50H31N3S. The van der Waals surface area contributed by atoms with Gasteiger partial charge in [-0.25, -0.2) is 0 Å². The van der Waals surface area contributed by atoms with E-state index in [-0.39, 0.29) is 0 Å². The van der Waals surface area contributed by atoms with Crippen LogP contribution in [0.4, 0.5) is 0 Å². The van der Waals surface area contributed by atoms with Crippen LogP contribution < -0.4 is 0 Å². The van der Waals surface area contributed by atoms with Crippen LogP contribution in [-0.4, -0.2) is 13.7 Å². The molecule has 0 bridgehead atoms. The lowest BCUT2D eigenvalue weighted by Gasteiger charge is -2.11. The Labute approximate surface area is 314 Å². The Morgan fingerprint density at radius 3 is 1.76 bits per heavy atom. The molecule has 0 aliphatic rings. The van der Waals surface area contributed by atoms with Gasteiger partial charge in [-0.05, 0) is 84.4 Å². The number of aromatic nitrogens is 3. The van der Waals surface area contributed by atoms with Gasteiger partial charge >= 0.3 is 0 Å². The number of rotatable bonds is 4. The smallest absolute Gasteiger partial charge is 0.0555 e. The van der Waals surface area contributed by atoms with E-state index in [0.29, 0.717) is 0 Å². The SMILES string of the molecule is c1ccc(-n2cc(-c3ccc4c(c3)c3c5c6ccccc6n(-c6ccccc6)c5ccc3n4-c3cccc4sc5ccccc5c34)c3ccccc32)cc1. The Morgan fingerprint density at radius 1 is 0.352 bits per heavy atom. The van der Waals surface area contributed by atoms with Crippen LogP contribution in [0.25, 0.3) is 103 Å². The van der Waals surface area contributed by atoms with Crippen LogP contribution in [0.3, 0.4) is 0 Å². The van der Waals surface area contributed by atoms with Crippen molar-refractivity contribution in [3.05, 3.63) is 188 Å². The molecule has 0 fully saturated rings. The van der Waals surface area contributed by atoms with Crippen LogP contribution in [-0.2, 0) is 0 Å². The Kier molecular flexibility index (Phi) is 6.21. The number of thiophene rings is 1. The van der Waals surface area contributed by atoms with Crippen molar-refractivity contribution in [2.24, 2.45) is 0 Å². The van der Waals surface area contributed by atoms with Crippen molar-refractivity contribution in [2.75, 3.05) is 0 Å². The second-order valence-electron chi connectivity index (χ2n) is 14.1. The van der Waals surface area contributed by atoms with Crippen molar-refractivity contribution in [2.45, 2.75) is 0 Å². The molecule has 0 atom stereocenters. The number of para-hydroxylation sites is 4. The van der Waals surface area contributed by atoms with Gasteiger partial charge in [-0.1, -0.05) is 103 Å². The van der Waals surface area contributed by atoms with Crippen molar-refractivity contribution in [3.63, 3.8) is 0 Å². The van der Waals surface area contributed by atoms with E-state index in [1.54, 1.807) is 0 Å². The first-order valence-corrected chi connectivity index (χ1v) is 19.3. The third-order valence-corrected chi connectivity index (χ3v) is 12.4. The summed E-state index contributed by atoms with van der Waals surface area (Å²) in [4.78, 5) is 0. The molecule has 0 radical (unpaired) electrons. The van der Waals surface area contributed by atoms with Gasteiger partial charge in [0.15, 0.2) is 0 Å². The molecule has 0 saturated heterocycles. The van der Waals surface area contributed by atoms with Crippen LogP contribution in [0.2, 0.25) is 0 Å². The van der Waals surface area contributed by atoms with Gasteiger partial charge in [0.05, 0.1) is 33.3 Å². The zero-order valence-corrected chi connectivity index (χ0v) is 30.0. The fourth-order valence-electron chi connectivity index (χ4n) is 9.01. The molecule has 54 heavy (non-hydrogen) atoms. The maximum absolute atomic E-state index is 2.53. The number of fused-ring (bicyclic) bond motifs is 11. The molecule has 0 saturated carbocycles. The molecule has 12 aromatic rings. The highest BCUT2D eigenvalue weighted by Gasteiger charge is 2.23. The predicted molar refractivity (Wildman–Crippen MR) is 230 cm³/mol. The minimum absolute atomic E-state index is 1.16. The first-order chi connectivity index (χ1) is 26.8. The van der Waals surface area contributed by atoms with Crippen LogP contribution in [0.1, 0.15) is 0 Å². The fraction of sp³-hybridized carbons (Fsp3) is 0. The van der Waals surface area contributed by atoms with E-state index in [1.807, 2.05) is 11.3 Å². The van der Waals surface area contributed by atoms with Crippen molar-refractivity contribution < 1.29 is 0 Å². The van der Waals surface area contributed by atoms with Gasteiger partial charge in [0.2, 0.25) is 0 Å². The minimum Gasteiger partial charge on any atom is -0.316 e. The lowest BCUT2D eigenvalue weighted by molar-refractivity contribution is 1.13. The molecule has 8 aromatic carbocycles. The highest BCUT2D eigenvalue weighted by atomic mass is 32.1. The van der Waals surface area contributed by atoms with Gasteiger partial charge in [0.1, 0.15) is 0 Å². The Morgan fingerprint density at radius 2 is 0.944 bits per heavy atom. The first-order valence-electron chi connectivity index (χ1n) is 18.4. The summed E-state index contributed by atoms with van der Waals surface area (Å²) in [6, 6.07) is 66.5. The summed E-state index contributed by atoms with van der Waals surface area (Å²) in [5, 5.41) is 8.91. The van der Waals surface area contributed by atoms with E-state index in [0.717, 1.165) is 11.4 Å². The quantitative estimate of drug-likeness (QED) is 0.173. The van der Waals surface area contributed by atoms with Crippen molar-refractivity contribution in [3.8, 4) is 28.2 Å². The summed E-state index contributed by atoms with van der Waals surface area (Å²) in [6.45, 7) is 0. The maximum Gasteiger partial charge on any atom is 0.0555 e. The van der Waals surface area contributed by atoms with E-state index >= 15 is 0 Å². The summed E-state index contributed by atoms with van der Waals surface area (Å²) >= 11 is 1.87. The molecular weight excluding hydrogens is 675 g/mol. The van der Waals surface area contributed by atoms with E-state index < -0.39 is 0 Å². The molecule has 4 aromatic heterocycles. The monoisotopic (exact) mass is 705 g/mol. The molecule has 4 heteroatoms. The van der Waals surface area contributed by atoms with Gasteiger partial charge in [0, 0.05) is 70.2 Å². The molecule has 0 aliphatic heterocycles. The first kappa shape index (κ1) is 29.7. The third-order valence-electron chi connectivity index (χ3n) is 11.3. The predicted octanol–water partition coefficient (Wildman–Crippen LogP) is 13.9. The zero-order valence-electron chi connectivity index (χ0n) is 29.1. The molecule has 0 N–H and O–H groups in total. The summed E-state index contributed by atoms with van der Waals surface area (Å²) in [7, 11) is 0. The van der Waals surface area contributed by atoms with Crippen molar-refractivity contribution in [1.82, 2.24) is 13.7 Å². The standard InChI is InChI=1S/C50H31N3S/c1-3-14-33(15-4-1)51-31-39(35-18-7-10-21-40(35)51)32-26-27-42-38(30-32)50-45(53(42)43-23-13-25-47-48(43)37-20-9-12-24-46(37)54-47)29-28-44-49(50)36-19-8-11-22-41(36)52(44)34-16-5-2-6-17-34/h1-31H. The highest BCUT2D eigenvalue weighted by molar-refractivity contribution is 7.25. The van der Waals surface area contributed by atoms with Gasteiger partial charge < -0.3 is 13.7 Å². The van der Waals surface area contributed by atoms with Crippen LogP contribution in [0.5, 0.6) is 0 Å². The van der Waals surface area contributed by atoms with Crippen molar-refractivity contribution >= 4 is 86.0 Å². The lowest BCUT2D eigenvalue weighted by Crippen LogP contribution is -1.95. The topological polar surface area (TPSA) is 14.8 Å². The molecule has 0 amide bonds. The van der Waals surface area contributed by atoms with Crippen LogP contribution in [0, 0.1) is 0 Å². The fourth-order valence-corrected chi connectivity index (χ4v) is 10.1. The van der Waals surface area contributed by atoms with Crippen LogP contribution >= 0.6 is 11.3 Å². The van der Waals surface area contributed by atoms with E-state index in [9.17, 15) is 0 Å².